The Morgan fingerprint density at radius 1 is 1.36 bits per heavy atom. The highest BCUT2D eigenvalue weighted by Crippen LogP contribution is 2.26. The first-order valence-electron chi connectivity index (χ1n) is 7.96. The second kappa shape index (κ2) is 6.84. The van der Waals surface area contributed by atoms with Crippen LogP contribution in [-0.2, 0) is 24.4 Å². The molecule has 8 heteroatoms. The van der Waals surface area contributed by atoms with Gasteiger partial charge in [0, 0.05) is 7.05 Å². The average molecular weight is 344 g/mol. The van der Waals surface area contributed by atoms with Gasteiger partial charge < -0.3 is 9.84 Å². The fourth-order valence-electron chi connectivity index (χ4n) is 2.84. The summed E-state index contributed by atoms with van der Waals surface area (Å²) in [6, 6.07) is 9.23. The lowest BCUT2D eigenvalue weighted by Gasteiger charge is -2.32. The van der Waals surface area contributed by atoms with Gasteiger partial charge in [0.05, 0.1) is 36.7 Å². The minimum absolute atomic E-state index is 0.172. The lowest BCUT2D eigenvalue weighted by molar-refractivity contribution is 0.105. The molecular weight excluding hydrogens is 324 g/mol. The maximum Gasteiger partial charge on any atom is 0.414 e. The van der Waals surface area contributed by atoms with E-state index in [1.165, 1.54) is 9.80 Å². The number of aromatic nitrogens is 2. The predicted molar refractivity (Wildman–Crippen MR) is 90.3 cm³/mol. The van der Waals surface area contributed by atoms with Crippen molar-refractivity contribution >= 4 is 17.9 Å². The van der Waals surface area contributed by atoms with E-state index in [2.05, 4.69) is 5.10 Å². The smallest absolute Gasteiger partial charge is 0.414 e. The van der Waals surface area contributed by atoms with E-state index in [0.29, 0.717) is 17.9 Å². The van der Waals surface area contributed by atoms with Crippen LogP contribution in [0, 0.1) is 0 Å². The fraction of sp³-hybridized carbons (Fsp3) is 0.353. The van der Waals surface area contributed by atoms with E-state index in [4.69, 9.17) is 4.74 Å². The van der Waals surface area contributed by atoms with Crippen LogP contribution in [0.2, 0.25) is 0 Å². The number of hydrogen-bond acceptors (Lipinski definition) is 4. The standard InChI is InChI=1S/C17H20N4O4/c1-12-9-21-15(10-20(12)16(22)23)14(8-18-21)19(2)17(24)25-11-13-6-4-3-5-7-13/h3-8,12H,9-11H2,1-2H3,(H,22,23)/t12-/m0/s1. The molecule has 0 aliphatic carbocycles. The summed E-state index contributed by atoms with van der Waals surface area (Å²) in [5, 5.41) is 13.6. The minimum Gasteiger partial charge on any atom is -0.465 e. The van der Waals surface area contributed by atoms with Crippen LogP contribution in [0.15, 0.2) is 36.5 Å². The molecule has 0 saturated heterocycles. The number of anilines is 1. The maximum absolute atomic E-state index is 12.3. The van der Waals surface area contributed by atoms with Gasteiger partial charge in [0.15, 0.2) is 0 Å². The third kappa shape index (κ3) is 3.42. The maximum atomic E-state index is 12.3. The summed E-state index contributed by atoms with van der Waals surface area (Å²) < 4.78 is 7.06. The van der Waals surface area contributed by atoms with Gasteiger partial charge in [0.25, 0.3) is 0 Å². The number of hydrogen-bond donors (Lipinski definition) is 1. The minimum atomic E-state index is -0.986. The summed E-state index contributed by atoms with van der Waals surface area (Å²) >= 11 is 0. The molecule has 2 heterocycles. The van der Waals surface area contributed by atoms with Crippen LogP contribution in [0.3, 0.4) is 0 Å². The molecule has 3 rings (SSSR count). The molecule has 0 spiro atoms. The summed E-state index contributed by atoms with van der Waals surface area (Å²) in [6.07, 6.45) is 0.0670. The van der Waals surface area contributed by atoms with Gasteiger partial charge in [-0.05, 0) is 12.5 Å². The summed E-state index contributed by atoms with van der Waals surface area (Å²) in [5.41, 5.74) is 2.13. The number of rotatable bonds is 3. The highest BCUT2D eigenvalue weighted by Gasteiger charge is 2.31. The molecule has 2 amide bonds. The van der Waals surface area contributed by atoms with Crippen LogP contribution >= 0.6 is 0 Å². The first-order valence-corrected chi connectivity index (χ1v) is 7.96. The molecule has 0 fully saturated rings. The monoisotopic (exact) mass is 344 g/mol. The predicted octanol–water partition coefficient (Wildman–Crippen LogP) is 2.54. The quantitative estimate of drug-likeness (QED) is 0.924. The molecule has 0 saturated carbocycles. The topological polar surface area (TPSA) is 87.9 Å². The van der Waals surface area contributed by atoms with Crippen molar-refractivity contribution < 1.29 is 19.4 Å². The van der Waals surface area contributed by atoms with Gasteiger partial charge in [-0.2, -0.15) is 5.10 Å². The van der Waals surface area contributed by atoms with Gasteiger partial charge in [0.2, 0.25) is 0 Å². The van der Waals surface area contributed by atoms with Crippen molar-refractivity contribution in [3.8, 4) is 0 Å². The number of ether oxygens (including phenoxy) is 1. The lowest BCUT2D eigenvalue weighted by Crippen LogP contribution is -2.44. The average Bonchev–Trinajstić information content (AvgIpc) is 3.01. The molecule has 2 aromatic rings. The van der Waals surface area contributed by atoms with Gasteiger partial charge in [0.1, 0.15) is 6.61 Å². The van der Waals surface area contributed by atoms with E-state index in [1.807, 2.05) is 37.3 Å². The van der Waals surface area contributed by atoms with Crippen LogP contribution in [-0.4, -0.2) is 45.1 Å². The molecule has 132 valence electrons. The number of amides is 2. The molecule has 0 radical (unpaired) electrons. The number of carbonyl (C=O) groups excluding carboxylic acids is 1. The van der Waals surface area contributed by atoms with E-state index in [0.717, 1.165) is 5.56 Å². The van der Waals surface area contributed by atoms with E-state index < -0.39 is 12.2 Å². The normalized spacial score (nSPS) is 16.2. The van der Waals surface area contributed by atoms with Gasteiger partial charge in [-0.25, -0.2) is 9.59 Å². The van der Waals surface area contributed by atoms with Gasteiger partial charge in [-0.15, -0.1) is 0 Å². The Morgan fingerprint density at radius 3 is 2.76 bits per heavy atom. The van der Waals surface area contributed by atoms with Crippen LogP contribution in [0.5, 0.6) is 0 Å². The Morgan fingerprint density at radius 2 is 2.08 bits per heavy atom. The highest BCUT2D eigenvalue weighted by atomic mass is 16.6. The molecule has 8 nitrogen and oxygen atoms in total. The third-order valence-electron chi connectivity index (χ3n) is 4.30. The zero-order valence-electron chi connectivity index (χ0n) is 14.1. The first-order chi connectivity index (χ1) is 12.0. The van der Waals surface area contributed by atoms with E-state index in [9.17, 15) is 14.7 Å². The molecular formula is C17H20N4O4. The molecule has 25 heavy (non-hydrogen) atoms. The van der Waals surface area contributed by atoms with Crippen LogP contribution in [0.25, 0.3) is 0 Å². The van der Waals surface area contributed by atoms with Gasteiger partial charge in [-0.1, -0.05) is 30.3 Å². The summed E-state index contributed by atoms with van der Waals surface area (Å²) in [7, 11) is 1.59. The van der Waals surface area contributed by atoms with Gasteiger partial charge >= 0.3 is 12.2 Å². The fourth-order valence-corrected chi connectivity index (χ4v) is 2.84. The van der Waals surface area contributed by atoms with E-state index in [-0.39, 0.29) is 19.2 Å². The Hall–Kier alpha value is -3.03. The SMILES string of the molecule is C[C@H]1Cn2ncc(N(C)C(=O)OCc3ccccc3)c2CN1C(=O)O. The molecule has 0 bridgehead atoms. The number of nitrogens with zero attached hydrogens (tertiary/aromatic N) is 4. The Kier molecular flexibility index (Phi) is 4.60. The first kappa shape index (κ1) is 16.8. The second-order valence-corrected chi connectivity index (χ2v) is 6.02. The number of carboxylic acid groups (broad SMARTS) is 1. The summed E-state index contributed by atoms with van der Waals surface area (Å²) in [4.78, 5) is 26.4. The van der Waals surface area contributed by atoms with Crippen molar-refractivity contribution in [2.45, 2.75) is 32.7 Å². The second-order valence-electron chi connectivity index (χ2n) is 6.02. The van der Waals surface area contributed by atoms with Crippen LogP contribution in [0.4, 0.5) is 15.3 Å². The zero-order valence-corrected chi connectivity index (χ0v) is 14.1. The lowest BCUT2D eigenvalue weighted by atomic mass is 10.2. The number of benzene rings is 1. The van der Waals surface area contributed by atoms with Crippen molar-refractivity contribution in [3.05, 3.63) is 47.8 Å². The van der Waals surface area contributed by atoms with Crippen molar-refractivity contribution in [3.63, 3.8) is 0 Å². The van der Waals surface area contributed by atoms with E-state index in [1.54, 1.807) is 17.9 Å². The Balaban J connectivity index is 1.72. The van der Waals surface area contributed by atoms with Crippen molar-refractivity contribution in [2.24, 2.45) is 0 Å². The molecule has 1 aliphatic rings. The Labute approximate surface area is 145 Å². The highest BCUT2D eigenvalue weighted by molar-refractivity contribution is 5.87. The number of carbonyl (C=O) groups is 2. The number of fused-ring (bicyclic) bond motifs is 1. The van der Waals surface area contributed by atoms with Crippen molar-refractivity contribution in [1.29, 1.82) is 0 Å². The molecule has 1 aromatic heterocycles. The summed E-state index contributed by atoms with van der Waals surface area (Å²) in [5.74, 6) is 0. The van der Waals surface area contributed by atoms with E-state index >= 15 is 0 Å². The summed E-state index contributed by atoms with van der Waals surface area (Å²) in [6.45, 7) is 2.64. The molecule has 0 unspecified atom stereocenters. The van der Waals surface area contributed by atoms with Gasteiger partial charge in [-0.3, -0.25) is 14.5 Å². The van der Waals surface area contributed by atoms with Crippen molar-refractivity contribution in [2.75, 3.05) is 11.9 Å². The molecule has 1 aliphatic heterocycles. The Bertz CT molecular complexity index is 774. The largest absolute Gasteiger partial charge is 0.465 e. The molecule has 1 N–H and O–H groups in total. The molecule has 1 atom stereocenters. The van der Waals surface area contributed by atoms with Crippen LogP contribution < -0.4 is 4.90 Å². The molecule has 1 aromatic carbocycles. The zero-order chi connectivity index (χ0) is 18.0. The van der Waals surface area contributed by atoms with Crippen LogP contribution in [0.1, 0.15) is 18.2 Å². The van der Waals surface area contributed by atoms with Crippen molar-refractivity contribution in [1.82, 2.24) is 14.7 Å². The third-order valence-corrected chi connectivity index (χ3v) is 4.30.